The van der Waals surface area contributed by atoms with Crippen LogP contribution in [0.5, 0.6) is 11.5 Å². The summed E-state index contributed by atoms with van der Waals surface area (Å²) in [6.07, 6.45) is 2.64. The molecule has 1 amide bonds. The average Bonchev–Trinajstić information content (AvgIpc) is 3.31. The van der Waals surface area contributed by atoms with Gasteiger partial charge in [-0.1, -0.05) is 11.8 Å². The van der Waals surface area contributed by atoms with E-state index in [0.717, 1.165) is 58.8 Å². The van der Waals surface area contributed by atoms with Gasteiger partial charge in [-0.2, -0.15) is 0 Å². The third-order valence-corrected chi connectivity index (χ3v) is 6.24. The first-order valence-electron chi connectivity index (χ1n) is 8.25. The molecule has 7 heteroatoms. The number of nitrogens with zero attached hydrogens (tertiary/aromatic N) is 2. The van der Waals surface area contributed by atoms with Crippen LogP contribution in [0.1, 0.15) is 24.1 Å². The number of carbonyl (C=O) groups excluding carboxylic acids is 1. The maximum atomic E-state index is 12.2. The molecule has 1 aromatic heterocycles. The average molecular weight is 379 g/mol. The lowest BCUT2D eigenvalue weighted by atomic mass is 10.2. The van der Waals surface area contributed by atoms with Gasteiger partial charge in [0.25, 0.3) is 0 Å². The fourth-order valence-corrected chi connectivity index (χ4v) is 4.54. The van der Waals surface area contributed by atoms with Crippen molar-refractivity contribution in [2.75, 3.05) is 27.3 Å². The van der Waals surface area contributed by atoms with Gasteiger partial charge in [0.15, 0.2) is 0 Å². The van der Waals surface area contributed by atoms with Crippen LogP contribution in [0.25, 0.3) is 0 Å². The number of benzene rings is 1. The lowest BCUT2D eigenvalue weighted by Gasteiger charge is -2.13. The van der Waals surface area contributed by atoms with Crippen molar-refractivity contribution in [2.24, 2.45) is 0 Å². The van der Waals surface area contributed by atoms with E-state index in [0.29, 0.717) is 6.42 Å². The summed E-state index contributed by atoms with van der Waals surface area (Å²) in [5.41, 5.74) is 1.98. The second-order valence-electron chi connectivity index (χ2n) is 5.88. The molecule has 1 aliphatic heterocycles. The molecule has 0 aliphatic carbocycles. The van der Waals surface area contributed by atoms with Gasteiger partial charge in [0.2, 0.25) is 5.91 Å². The molecule has 0 bridgehead atoms. The molecule has 25 heavy (non-hydrogen) atoms. The van der Waals surface area contributed by atoms with Crippen molar-refractivity contribution in [3.05, 3.63) is 34.8 Å². The zero-order valence-electron chi connectivity index (χ0n) is 14.5. The highest BCUT2D eigenvalue weighted by Crippen LogP contribution is 2.30. The number of methoxy groups -OCH3 is 2. The molecule has 3 rings (SSSR count). The van der Waals surface area contributed by atoms with Gasteiger partial charge in [-0.25, -0.2) is 4.98 Å². The van der Waals surface area contributed by atoms with Crippen molar-refractivity contribution >= 4 is 29.0 Å². The van der Waals surface area contributed by atoms with Gasteiger partial charge in [-0.05, 0) is 30.5 Å². The maximum Gasteiger partial charge on any atom is 0.228 e. The van der Waals surface area contributed by atoms with Gasteiger partial charge in [0.1, 0.15) is 15.8 Å². The number of amides is 1. The number of likely N-dealkylation sites (tertiary alicyclic amines) is 1. The molecule has 1 saturated heterocycles. The number of carbonyl (C=O) groups is 1. The Kier molecular flexibility index (Phi) is 6.20. The quantitative estimate of drug-likeness (QED) is 0.689. The van der Waals surface area contributed by atoms with Crippen molar-refractivity contribution in [3.8, 4) is 11.5 Å². The summed E-state index contributed by atoms with van der Waals surface area (Å²) in [7, 11) is 3.30. The molecule has 0 saturated carbocycles. The van der Waals surface area contributed by atoms with Crippen molar-refractivity contribution in [3.63, 3.8) is 0 Å². The van der Waals surface area contributed by atoms with Crippen LogP contribution < -0.4 is 9.47 Å². The van der Waals surface area contributed by atoms with E-state index in [9.17, 15) is 4.79 Å². The van der Waals surface area contributed by atoms with Crippen LogP contribution in [0.4, 0.5) is 0 Å². The minimum atomic E-state index is 0.192. The van der Waals surface area contributed by atoms with E-state index in [1.165, 1.54) is 0 Å². The monoisotopic (exact) mass is 378 g/mol. The van der Waals surface area contributed by atoms with Crippen LogP contribution >= 0.6 is 23.1 Å². The summed E-state index contributed by atoms with van der Waals surface area (Å²) < 4.78 is 11.6. The topological polar surface area (TPSA) is 51.7 Å². The third-order valence-electron chi connectivity index (χ3n) is 4.10. The number of thiazole rings is 1. The molecule has 0 radical (unpaired) electrons. The van der Waals surface area contributed by atoms with Crippen molar-refractivity contribution in [1.29, 1.82) is 0 Å². The maximum absolute atomic E-state index is 12.2. The molecule has 5 nitrogen and oxygen atoms in total. The Morgan fingerprint density at radius 1 is 1.20 bits per heavy atom. The van der Waals surface area contributed by atoms with Gasteiger partial charge in [-0.15, -0.1) is 11.3 Å². The molecule has 0 N–H and O–H groups in total. The van der Waals surface area contributed by atoms with Crippen LogP contribution in [0.2, 0.25) is 0 Å². The molecule has 0 spiro atoms. The molecule has 1 aromatic carbocycles. The molecule has 1 fully saturated rings. The van der Waals surface area contributed by atoms with E-state index >= 15 is 0 Å². The number of rotatable bonds is 7. The molecule has 2 aromatic rings. The Bertz CT molecular complexity index is 705. The van der Waals surface area contributed by atoms with Gasteiger partial charge < -0.3 is 14.4 Å². The largest absolute Gasteiger partial charge is 0.497 e. The van der Waals surface area contributed by atoms with Crippen LogP contribution in [0.15, 0.2) is 27.9 Å². The summed E-state index contributed by atoms with van der Waals surface area (Å²) in [6.45, 7) is 1.78. The Morgan fingerprint density at radius 3 is 2.52 bits per heavy atom. The highest BCUT2D eigenvalue weighted by atomic mass is 32.2. The van der Waals surface area contributed by atoms with E-state index in [2.05, 4.69) is 4.98 Å². The number of hydrogen-bond donors (Lipinski definition) is 0. The summed E-state index contributed by atoms with van der Waals surface area (Å²) in [6, 6.07) is 5.86. The highest BCUT2D eigenvalue weighted by Gasteiger charge is 2.19. The first-order chi connectivity index (χ1) is 12.2. The van der Waals surface area contributed by atoms with Gasteiger partial charge in [0, 0.05) is 30.3 Å². The second kappa shape index (κ2) is 8.58. The SMILES string of the molecule is COc1cc(CSc2nc(CC(=O)N3CCCC3)cs2)cc(OC)c1. The fourth-order valence-electron chi connectivity index (χ4n) is 2.76. The lowest BCUT2D eigenvalue weighted by molar-refractivity contribution is -0.129. The first-order valence-corrected chi connectivity index (χ1v) is 10.1. The summed E-state index contributed by atoms with van der Waals surface area (Å²) >= 11 is 3.26. The van der Waals surface area contributed by atoms with Gasteiger partial charge in [-0.3, -0.25) is 4.79 Å². The van der Waals surface area contributed by atoms with Crippen LogP contribution in [0.3, 0.4) is 0 Å². The summed E-state index contributed by atoms with van der Waals surface area (Å²) in [4.78, 5) is 18.7. The van der Waals surface area contributed by atoms with E-state index in [1.807, 2.05) is 28.5 Å². The van der Waals surface area contributed by atoms with E-state index in [1.54, 1.807) is 37.3 Å². The molecule has 1 aliphatic rings. The fraction of sp³-hybridized carbons (Fsp3) is 0.444. The zero-order chi connectivity index (χ0) is 17.6. The molecular weight excluding hydrogens is 356 g/mol. The summed E-state index contributed by atoms with van der Waals surface area (Å²) in [5, 5.41) is 1.99. The van der Waals surface area contributed by atoms with Gasteiger partial charge in [0.05, 0.1) is 26.3 Å². The van der Waals surface area contributed by atoms with E-state index in [-0.39, 0.29) is 5.91 Å². The van der Waals surface area contributed by atoms with Gasteiger partial charge >= 0.3 is 0 Å². The predicted octanol–water partition coefficient (Wildman–Crippen LogP) is 3.62. The lowest BCUT2D eigenvalue weighted by Crippen LogP contribution is -2.29. The van der Waals surface area contributed by atoms with Crippen LogP contribution in [-0.2, 0) is 17.0 Å². The van der Waals surface area contributed by atoms with Crippen LogP contribution in [-0.4, -0.2) is 43.1 Å². The van der Waals surface area contributed by atoms with Crippen LogP contribution in [0, 0.1) is 0 Å². The molecular formula is C18H22N2O3S2. The normalized spacial score (nSPS) is 13.9. The highest BCUT2D eigenvalue weighted by molar-refractivity contribution is 8.00. The predicted molar refractivity (Wildman–Crippen MR) is 101 cm³/mol. The Hall–Kier alpha value is -1.73. The smallest absolute Gasteiger partial charge is 0.228 e. The van der Waals surface area contributed by atoms with Crippen molar-refractivity contribution < 1.29 is 14.3 Å². The molecule has 2 heterocycles. The molecule has 134 valence electrons. The summed E-state index contributed by atoms with van der Waals surface area (Å²) in [5.74, 6) is 2.54. The second-order valence-corrected chi connectivity index (χ2v) is 7.96. The number of hydrogen-bond acceptors (Lipinski definition) is 6. The third kappa shape index (κ3) is 4.89. The Labute approximate surface area is 156 Å². The molecule has 0 atom stereocenters. The minimum Gasteiger partial charge on any atom is -0.497 e. The van der Waals surface area contributed by atoms with Crippen molar-refractivity contribution in [2.45, 2.75) is 29.4 Å². The minimum absolute atomic E-state index is 0.192. The molecule has 0 unspecified atom stereocenters. The van der Waals surface area contributed by atoms with E-state index < -0.39 is 0 Å². The van der Waals surface area contributed by atoms with Crippen molar-refractivity contribution in [1.82, 2.24) is 9.88 Å². The number of ether oxygens (including phenoxy) is 2. The first kappa shape index (κ1) is 18.1. The number of aromatic nitrogens is 1. The Balaban J connectivity index is 1.57. The number of thioether (sulfide) groups is 1. The Morgan fingerprint density at radius 2 is 1.88 bits per heavy atom. The zero-order valence-corrected chi connectivity index (χ0v) is 16.1. The van der Waals surface area contributed by atoms with E-state index in [4.69, 9.17) is 9.47 Å². The standard InChI is InChI=1S/C18H22N2O3S2/c1-22-15-7-13(8-16(10-15)23-2)11-24-18-19-14(12-25-18)9-17(21)20-5-3-4-6-20/h7-8,10,12H,3-6,9,11H2,1-2H3.